The molecule has 1 aromatic rings. The highest BCUT2D eigenvalue weighted by Crippen LogP contribution is 2.39. The molecule has 2 saturated carbocycles. The number of carbonyl (C=O) groups is 2. The lowest BCUT2D eigenvalue weighted by Crippen LogP contribution is -2.38. The number of hydrogen-bond donors (Lipinski definition) is 2. The first kappa shape index (κ1) is 16.9. The number of nitrogens with one attached hydrogen (secondary N) is 2. The standard InChI is InChI=1S/C17H25N5O2S/c1-22(13-5-11-7-14(23)18-8-12(11)6-13)9-15(24)19-17-21-20-16(25-17)10-3-2-4-10/h10-13H,2-9H2,1H3,(H,18,23)(H,19,21,24)/t11-,12+,13-/m0/s1. The summed E-state index contributed by atoms with van der Waals surface area (Å²) in [5.41, 5.74) is 0. The molecule has 7 nitrogen and oxygen atoms in total. The van der Waals surface area contributed by atoms with Gasteiger partial charge in [-0.1, -0.05) is 17.8 Å². The fourth-order valence-corrected chi connectivity index (χ4v) is 5.14. The maximum absolute atomic E-state index is 12.3. The number of fused-ring (bicyclic) bond motifs is 1. The minimum atomic E-state index is -0.0390. The van der Waals surface area contributed by atoms with Gasteiger partial charge in [0.25, 0.3) is 0 Å². The third kappa shape index (κ3) is 3.69. The smallest absolute Gasteiger partial charge is 0.240 e. The quantitative estimate of drug-likeness (QED) is 0.830. The van der Waals surface area contributed by atoms with Gasteiger partial charge in [0, 0.05) is 24.9 Å². The highest BCUT2D eigenvalue weighted by Gasteiger charge is 2.39. The Morgan fingerprint density at radius 1 is 1.32 bits per heavy atom. The average molecular weight is 363 g/mol. The van der Waals surface area contributed by atoms with Gasteiger partial charge >= 0.3 is 0 Å². The predicted molar refractivity (Wildman–Crippen MR) is 95.4 cm³/mol. The van der Waals surface area contributed by atoms with Crippen LogP contribution in [-0.2, 0) is 9.59 Å². The first-order chi connectivity index (χ1) is 12.1. The molecule has 25 heavy (non-hydrogen) atoms. The van der Waals surface area contributed by atoms with Crippen molar-refractivity contribution in [2.45, 2.75) is 50.5 Å². The van der Waals surface area contributed by atoms with Gasteiger partial charge in [-0.3, -0.25) is 19.8 Å². The van der Waals surface area contributed by atoms with Crippen molar-refractivity contribution in [2.75, 3.05) is 25.5 Å². The van der Waals surface area contributed by atoms with E-state index in [0.717, 1.165) is 24.4 Å². The molecule has 0 bridgehead atoms. The van der Waals surface area contributed by atoms with Gasteiger partial charge in [-0.05, 0) is 44.6 Å². The van der Waals surface area contributed by atoms with E-state index in [9.17, 15) is 9.59 Å². The minimum Gasteiger partial charge on any atom is -0.356 e. The number of hydrogen-bond acceptors (Lipinski definition) is 6. The summed E-state index contributed by atoms with van der Waals surface area (Å²) in [5, 5.41) is 15.8. The molecule has 2 N–H and O–H groups in total. The van der Waals surface area contributed by atoms with Crippen LogP contribution in [0.3, 0.4) is 0 Å². The normalized spacial score (nSPS) is 29.2. The van der Waals surface area contributed by atoms with Crippen LogP contribution in [0.15, 0.2) is 0 Å². The first-order valence-electron chi connectivity index (χ1n) is 9.18. The monoisotopic (exact) mass is 363 g/mol. The topological polar surface area (TPSA) is 87.2 Å². The fraction of sp³-hybridized carbons (Fsp3) is 0.765. The Hall–Kier alpha value is -1.54. The molecule has 3 fully saturated rings. The molecule has 2 heterocycles. The number of carbonyl (C=O) groups excluding carboxylic acids is 2. The molecule has 3 aliphatic rings. The minimum absolute atomic E-state index is 0.0390. The maximum Gasteiger partial charge on any atom is 0.240 e. The summed E-state index contributed by atoms with van der Waals surface area (Å²) in [7, 11) is 2.00. The summed E-state index contributed by atoms with van der Waals surface area (Å²) in [6, 6.07) is 0.369. The molecule has 2 amide bonds. The van der Waals surface area contributed by atoms with Crippen molar-refractivity contribution < 1.29 is 9.59 Å². The van der Waals surface area contributed by atoms with E-state index in [1.807, 2.05) is 7.05 Å². The fourth-order valence-electron chi connectivity index (χ4n) is 4.21. The molecule has 1 saturated heterocycles. The van der Waals surface area contributed by atoms with Crippen molar-refractivity contribution in [1.29, 1.82) is 0 Å². The van der Waals surface area contributed by atoms with Gasteiger partial charge in [0.05, 0.1) is 6.54 Å². The average Bonchev–Trinajstić information content (AvgIpc) is 3.12. The van der Waals surface area contributed by atoms with Crippen molar-refractivity contribution in [3.8, 4) is 0 Å². The zero-order valence-corrected chi connectivity index (χ0v) is 15.3. The molecule has 136 valence electrons. The van der Waals surface area contributed by atoms with E-state index in [-0.39, 0.29) is 11.8 Å². The molecular weight excluding hydrogens is 338 g/mol. The summed E-state index contributed by atoms with van der Waals surface area (Å²) in [5.74, 6) is 1.70. The van der Waals surface area contributed by atoms with E-state index in [2.05, 4.69) is 25.7 Å². The largest absolute Gasteiger partial charge is 0.356 e. The van der Waals surface area contributed by atoms with Gasteiger partial charge in [0.15, 0.2) is 0 Å². The zero-order valence-electron chi connectivity index (χ0n) is 14.5. The molecule has 2 aliphatic carbocycles. The van der Waals surface area contributed by atoms with E-state index < -0.39 is 0 Å². The summed E-state index contributed by atoms with van der Waals surface area (Å²) in [4.78, 5) is 26.0. The van der Waals surface area contributed by atoms with Gasteiger partial charge in [0.2, 0.25) is 16.9 Å². The van der Waals surface area contributed by atoms with Crippen LogP contribution in [0.2, 0.25) is 0 Å². The van der Waals surface area contributed by atoms with Gasteiger partial charge in [-0.2, -0.15) is 0 Å². The molecule has 0 radical (unpaired) electrons. The van der Waals surface area contributed by atoms with Crippen LogP contribution in [0.4, 0.5) is 5.13 Å². The second-order valence-electron chi connectivity index (χ2n) is 7.69. The molecule has 0 unspecified atom stereocenters. The number of aromatic nitrogens is 2. The lowest BCUT2D eigenvalue weighted by Gasteiger charge is -2.24. The van der Waals surface area contributed by atoms with Crippen LogP contribution in [0.1, 0.15) is 49.5 Å². The predicted octanol–water partition coefficient (Wildman–Crippen LogP) is 1.59. The number of rotatable bonds is 5. The van der Waals surface area contributed by atoms with Gasteiger partial charge < -0.3 is 5.32 Å². The second kappa shape index (κ2) is 6.99. The van der Waals surface area contributed by atoms with E-state index in [0.29, 0.717) is 41.9 Å². The van der Waals surface area contributed by atoms with Crippen molar-refractivity contribution in [3.63, 3.8) is 0 Å². The number of nitrogens with zero attached hydrogens (tertiary/aromatic N) is 3. The second-order valence-corrected chi connectivity index (χ2v) is 8.70. The van der Waals surface area contributed by atoms with Gasteiger partial charge in [-0.25, -0.2) is 0 Å². The van der Waals surface area contributed by atoms with Crippen LogP contribution in [-0.4, -0.2) is 53.1 Å². The molecule has 4 rings (SSSR count). The van der Waals surface area contributed by atoms with E-state index in [4.69, 9.17) is 0 Å². The summed E-state index contributed by atoms with van der Waals surface area (Å²) < 4.78 is 0. The Labute approximate surface area is 151 Å². The Bertz CT molecular complexity index is 659. The molecule has 3 atom stereocenters. The summed E-state index contributed by atoms with van der Waals surface area (Å²) >= 11 is 1.50. The van der Waals surface area contributed by atoms with Crippen LogP contribution in [0.5, 0.6) is 0 Å². The molecule has 1 aromatic heterocycles. The molecule has 8 heteroatoms. The number of piperidine rings is 1. The third-order valence-corrected chi connectivity index (χ3v) is 6.98. The van der Waals surface area contributed by atoms with Crippen LogP contribution >= 0.6 is 11.3 Å². The first-order valence-corrected chi connectivity index (χ1v) is 10.0. The Kier molecular flexibility index (Phi) is 4.73. The SMILES string of the molecule is CN(CC(=O)Nc1nnc(C2CCC2)s1)[C@H]1C[C@H]2CC(=O)NC[C@H]2C1. The molecule has 0 spiro atoms. The van der Waals surface area contributed by atoms with E-state index >= 15 is 0 Å². The summed E-state index contributed by atoms with van der Waals surface area (Å²) in [6.45, 7) is 1.14. The Morgan fingerprint density at radius 2 is 2.12 bits per heavy atom. The molecule has 0 aromatic carbocycles. The third-order valence-electron chi connectivity index (χ3n) is 5.98. The number of anilines is 1. The lowest BCUT2D eigenvalue weighted by atomic mass is 9.86. The van der Waals surface area contributed by atoms with Crippen LogP contribution in [0, 0.1) is 11.8 Å². The highest BCUT2D eigenvalue weighted by atomic mass is 32.1. The highest BCUT2D eigenvalue weighted by molar-refractivity contribution is 7.15. The Morgan fingerprint density at radius 3 is 2.88 bits per heavy atom. The summed E-state index contributed by atoms with van der Waals surface area (Å²) in [6.07, 6.45) is 6.34. The van der Waals surface area contributed by atoms with Crippen molar-refractivity contribution >= 4 is 28.3 Å². The number of likely N-dealkylation sites (N-methyl/N-ethyl adjacent to an activating group) is 1. The van der Waals surface area contributed by atoms with E-state index in [1.165, 1.54) is 30.6 Å². The maximum atomic E-state index is 12.3. The van der Waals surface area contributed by atoms with Gasteiger partial charge in [0.1, 0.15) is 5.01 Å². The van der Waals surface area contributed by atoms with Crippen molar-refractivity contribution in [2.24, 2.45) is 11.8 Å². The van der Waals surface area contributed by atoms with Crippen LogP contribution in [0.25, 0.3) is 0 Å². The molecular formula is C17H25N5O2S. The zero-order chi connectivity index (χ0) is 17.4. The van der Waals surface area contributed by atoms with Crippen LogP contribution < -0.4 is 10.6 Å². The van der Waals surface area contributed by atoms with Crippen molar-refractivity contribution in [1.82, 2.24) is 20.4 Å². The molecule has 1 aliphatic heterocycles. The lowest BCUT2D eigenvalue weighted by molar-refractivity contribution is -0.124. The number of amides is 2. The van der Waals surface area contributed by atoms with E-state index in [1.54, 1.807) is 0 Å². The van der Waals surface area contributed by atoms with Gasteiger partial charge in [-0.15, -0.1) is 10.2 Å². The van der Waals surface area contributed by atoms with Crippen molar-refractivity contribution in [3.05, 3.63) is 5.01 Å². The Balaban J connectivity index is 1.27.